The minimum absolute atomic E-state index is 0.0374. The molecule has 0 heterocycles. The van der Waals surface area contributed by atoms with Crippen molar-refractivity contribution >= 4 is 47.4 Å². The summed E-state index contributed by atoms with van der Waals surface area (Å²) < 4.78 is 15.9. The van der Waals surface area contributed by atoms with Crippen molar-refractivity contribution in [3.63, 3.8) is 0 Å². The van der Waals surface area contributed by atoms with Crippen molar-refractivity contribution in [2.45, 2.75) is 84.0 Å². The number of ketones is 2. The summed E-state index contributed by atoms with van der Waals surface area (Å²) in [5.41, 5.74) is 2.52. The van der Waals surface area contributed by atoms with Gasteiger partial charge >= 0.3 is 35.8 Å². The number of hydrogen-bond donors (Lipinski definition) is 3. The molecule has 0 spiro atoms. The first kappa shape index (κ1) is 45.0. The van der Waals surface area contributed by atoms with E-state index < -0.39 is 53.4 Å². The lowest BCUT2D eigenvalue weighted by Gasteiger charge is -2.15. The second-order valence-electron chi connectivity index (χ2n) is 12.5. The first-order valence-corrected chi connectivity index (χ1v) is 17.6. The van der Waals surface area contributed by atoms with Gasteiger partial charge in [-0.2, -0.15) is 0 Å². The third-order valence-corrected chi connectivity index (χ3v) is 7.97. The highest BCUT2D eigenvalue weighted by Crippen LogP contribution is 2.19. The van der Waals surface area contributed by atoms with Crippen LogP contribution in [0.3, 0.4) is 0 Å². The van der Waals surface area contributed by atoms with E-state index in [9.17, 15) is 38.4 Å². The van der Waals surface area contributed by atoms with Crippen molar-refractivity contribution in [1.82, 2.24) is 0 Å². The third kappa shape index (κ3) is 21.2. The van der Waals surface area contributed by atoms with Gasteiger partial charge in [-0.25, -0.2) is 0 Å². The zero-order chi connectivity index (χ0) is 40.4. The van der Waals surface area contributed by atoms with Crippen LogP contribution in [0.2, 0.25) is 0 Å². The van der Waals surface area contributed by atoms with Gasteiger partial charge < -0.3 is 29.5 Å². The summed E-state index contributed by atoms with van der Waals surface area (Å²) in [4.78, 5) is 92.2. The predicted molar refractivity (Wildman–Crippen MR) is 195 cm³/mol. The van der Waals surface area contributed by atoms with Gasteiger partial charge in [-0.15, -0.1) is 0 Å². The van der Waals surface area contributed by atoms with Crippen molar-refractivity contribution in [2.75, 3.05) is 0 Å². The number of rotatable bonds is 24. The third-order valence-electron chi connectivity index (χ3n) is 7.97. The van der Waals surface area contributed by atoms with E-state index in [1.165, 1.54) is 0 Å². The summed E-state index contributed by atoms with van der Waals surface area (Å²) in [6.07, 6.45) is -1.58. The van der Waals surface area contributed by atoms with Crippen molar-refractivity contribution in [3.05, 3.63) is 108 Å². The fraction of sp³-hybridized carbons (Fsp3) is 0.366. The summed E-state index contributed by atoms with van der Waals surface area (Å²) in [7, 11) is 0. The number of carbonyl (C=O) groups excluding carboxylic acids is 5. The van der Waals surface area contributed by atoms with Crippen LogP contribution in [-0.2, 0) is 72.4 Å². The SMILES string of the molecule is O=C(CCC(=O)OCc1ccccc1)CC(CCC(=O)OCc1ccccc1)C(=O)OCc1ccccc1.O=C(O)CCC(=O)CC(CCC(=O)O)C(=O)O. The maximum Gasteiger partial charge on any atom is 0.309 e. The number of carboxylic acids is 3. The molecule has 3 aromatic rings. The summed E-state index contributed by atoms with van der Waals surface area (Å²) in [6.45, 7) is 0.328. The molecule has 2 unspecified atom stereocenters. The van der Waals surface area contributed by atoms with E-state index in [1.807, 2.05) is 91.0 Å². The smallest absolute Gasteiger partial charge is 0.309 e. The molecule has 0 aromatic heterocycles. The molecule has 0 aliphatic carbocycles. The molecule has 294 valence electrons. The molecule has 3 N–H and O–H groups in total. The molecule has 0 aliphatic rings. The quantitative estimate of drug-likeness (QED) is 0.0732. The maximum atomic E-state index is 12.8. The van der Waals surface area contributed by atoms with Crippen molar-refractivity contribution < 1.29 is 67.9 Å². The topological polar surface area (TPSA) is 225 Å². The molecule has 0 amide bonds. The van der Waals surface area contributed by atoms with E-state index in [4.69, 9.17) is 29.5 Å². The molecule has 0 bridgehead atoms. The van der Waals surface area contributed by atoms with Gasteiger partial charge in [0.25, 0.3) is 0 Å². The van der Waals surface area contributed by atoms with Crippen LogP contribution in [0.15, 0.2) is 91.0 Å². The molecule has 55 heavy (non-hydrogen) atoms. The molecular weight excluding hydrogens is 716 g/mol. The van der Waals surface area contributed by atoms with Gasteiger partial charge in [0.05, 0.1) is 24.7 Å². The molecule has 14 heteroatoms. The minimum atomic E-state index is -1.24. The number of ether oxygens (including phenoxy) is 3. The van der Waals surface area contributed by atoms with Crippen LogP contribution in [0.4, 0.5) is 0 Å². The molecule has 0 radical (unpaired) electrons. The molecule has 2 atom stereocenters. The Morgan fingerprint density at radius 1 is 0.436 bits per heavy atom. The summed E-state index contributed by atoms with van der Waals surface area (Å²) in [6, 6.07) is 27.7. The Morgan fingerprint density at radius 3 is 1.25 bits per heavy atom. The van der Waals surface area contributed by atoms with E-state index >= 15 is 0 Å². The lowest BCUT2D eigenvalue weighted by Crippen LogP contribution is -2.23. The molecule has 3 aromatic carbocycles. The van der Waals surface area contributed by atoms with Crippen LogP contribution in [0.5, 0.6) is 0 Å². The average molecular weight is 763 g/mol. The van der Waals surface area contributed by atoms with Gasteiger partial charge in [-0.1, -0.05) is 91.0 Å². The predicted octanol–water partition coefficient (Wildman–Crippen LogP) is 5.73. The molecular formula is C41H46O14. The number of esters is 3. The van der Waals surface area contributed by atoms with E-state index in [0.29, 0.717) is 0 Å². The maximum absolute atomic E-state index is 12.8. The van der Waals surface area contributed by atoms with Gasteiger partial charge in [0.15, 0.2) is 0 Å². The lowest BCUT2D eigenvalue weighted by atomic mass is 9.95. The molecule has 0 aliphatic heterocycles. The fourth-order valence-electron chi connectivity index (χ4n) is 4.91. The fourth-order valence-corrected chi connectivity index (χ4v) is 4.91. The Bertz CT molecular complexity index is 1690. The lowest BCUT2D eigenvalue weighted by molar-refractivity contribution is -0.153. The minimum Gasteiger partial charge on any atom is -0.481 e. The van der Waals surface area contributed by atoms with Crippen LogP contribution in [0.25, 0.3) is 0 Å². The molecule has 0 saturated carbocycles. The number of benzene rings is 3. The van der Waals surface area contributed by atoms with Crippen LogP contribution < -0.4 is 0 Å². The monoisotopic (exact) mass is 762 g/mol. The van der Waals surface area contributed by atoms with E-state index in [0.717, 1.165) is 16.7 Å². The van der Waals surface area contributed by atoms with Crippen LogP contribution >= 0.6 is 0 Å². The number of Topliss-reactive ketones (excluding diaryl/α,β-unsaturated/α-hetero) is 2. The zero-order valence-electron chi connectivity index (χ0n) is 30.3. The van der Waals surface area contributed by atoms with Gasteiger partial charge in [-0.3, -0.25) is 38.4 Å². The number of aliphatic carboxylic acids is 3. The van der Waals surface area contributed by atoms with Crippen LogP contribution in [-0.4, -0.2) is 62.7 Å². The van der Waals surface area contributed by atoms with E-state index in [1.54, 1.807) is 0 Å². The number of carbonyl (C=O) groups is 8. The van der Waals surface area contributed by atoms with Crippen molar-refractivity contribution in [2.24, 2.45) is 11.8 Å². The zero-order valence-corrected chi connectivity index (χ0v) is 30.3. The first-order valence-electron chi connectivity index (χ1n) is 17.6. The molecule has 0 fully saturated rings. The summed E-state index contributed by atoms with van der Waals surface area (Å²) in [5.74, 6) is -7.67. The normalized spacial score (nSPS) is 11.4. The highest BCUT2D eigenvalue weighted by molar-refractivity contribution is 5.87. The van der Waals surface area contributed by atoms with E-state index in [-0.39, 0.29) is 89.8 Å². The molecule has 0 saturated heterocycles. The Hall–Kier alpha value is -6.18. The van der Waals surface area contributed by atoms with Crippen LogP contribution in [0.1, 0.15) is 80.9 Å². The Kier molecular flexibility index (Phi) is 21.0. The van der Waals surface area contributed by atoms with Crippen molar-refractivity contribution in [1.29, 1.82) is 0 Å². The Labute approximate surface area is 318 Å². The average Bonchev–Trinajstić information content (AvgIpc) is 3.18. The standard InChI is InChI=1S/C31H32O7.C10H14O7/c32-28(17-19-30(34)37-22-25-12-6-2-7-13-25)20-27(31(35)38-23-26-14-8-3-9-15-26)16-18-29(33)36-21-24-10-4-1-5-11-24;11-7(2-4-9(14)15)5-6(10(16)17)1-3-8(12)13/h1-15,27H,16-23H2;6H,1-5H2,(H,12,13)(H,14,15)(H,16,17). The Balaban J connectivity index is 0.000000518. The summed E-state index contributed by atoms with van der Waals surface area (Å²) in [5, 5.41) is 25.5. The van der Waals surface area contributed by atoms with Crippen LogP contribution in [0, 0.1) is 11.8 Å². The Morgan fingerprint density at radius 2 is 0.818 bits per heavy atom. The van der Waals surface area contributed by atoms with Gasteiger partial charge in [-0.05, 0) is 29.5 Å². The highest BCUT2D eigenvalue weighted by atomic mass is 16.5. The summed E-state index contributed by atoms with van der Waals surface area (Å²) >= 11 is 0. The van der Waals surface area contributed by atoms with Gasteiger partial charge in [0.1, 0.15) is 31.4 Å². The number of carboxylic acid groups (broad SMARTS) is 3. The van der Waals surface area contributed by atoms with Gasteiger partial charge in [0.2, 0.25) is 0 Å². The number of hydrogen-bond acceptors (Lipinski definition) is 11. The van der Waals surface area contributed by atoms with Gasteiger partial charge in [0, 0.05) is 38.5 Å². The molecule has 3 rings (SSSR count). The second-order valence-corrected chi connectivity index (χ2v) is 12.5. The van der Waals surface area contributed by atoms with Crippen molar-refractivity contribution in [3.8, 4) is 0 Å². The largest absolute Gasteiger partial charge is 0.481 e. The van der Waals surface area contributed by atoms with E-state index in [2.05, 4.69) is 0 Å². The highest BCUT2D eigenvalue weighted by Gasteiger charge is 2.26. The second kappa shape index (κ2) is 25.7. The molecule has 14 nitrogen and oxygen atoms in total. The first-order chi connectivity index (χ1) is 26.3.